The predicted octanol–water partition coefficient (Wildman–Crippen LogP) is 3.07. The van der Waals surface area contributed by atoms with Gasteiger partial charge in [0, 0.05) is 24.7 Å². The van der Waals surface area contributed by atoms with E-state index in [4.69, 9.17) is 9.15 Å². The molecule has 2 heterocycles. The number of rotatable bonds is 4. The van der Waals surface area contributed by atoms with Crippen LogP contribution in [0.3, 0.4) is 0 Å². The van der Waals surface area contributed by atoms with Gasteiger partial charge in [0.15, 0.2) is 10.6 Å². The zero-order valence-electron chi connectivity index (χ0n) is 16.2. The lowest BCUT2D eigenvalue weighted by atomic mass is 10.1. The number of carbonyl (C=O) groups excluding carboxylic acids is 1. The number of amidine groups is 1. The number of thioether (sulfide) groups is 1. The lowest BCUT2D eigenvalue weighted by Crippen LogP contribution is -2.24. The number of benzene rings is 2. The van der Waals surface area contributed by atoms with E-state index in [2.05, 4.69) is 10.2 Å². The predicted molar refractivity (Wildman–Crippen MR) is 116 cm³/mol. The van der Waals surface area contributed by atoms with Gasteiger partial charge in [0.05, 0.1) is 24.6 Å². The lowest BCUT2D eigenvalue weighted by molar-refractivity contribution is -0.123. The molecule has 1 amide bonds. The largest absolute Gasteiger partial charge is 0.507 e. The molecule has 1 saturated heterocycles. The van der Waals surface area contributed by atoms with Gasteiger partial charge in [-0.2, -0.15) is 5.10 Å². The molecule has 3 aromatic rings. The Morgan fingerprint density at radius 1 is 1.23 bits per heavy atom. The van der Waals surface area contributed by atoms with Gasteiger partial charge in [-0.1, -0.05) is 42.1 Å². The molecule has 2 aromatic carbocycles. The Balaban J connectivity index is 1.80. The Kier molecular flexibility index (Phi) is 5.28. The second kappa shape index (κ2) is 8.03. The molecular formula is C21H17N3O5S. The maximum absolute atomic E-state index is 12.8. The van der Waals surface area contributed by atoms with Crippen molar-refractivity contribution in [2.75, 3.05) is 19.9 Å². The van der Waals surface area contributed by atoms with Gasteiger partial charge in [-0.25, -0.2) is 0 Å². The molecule has 0 aliphatic carbocycles. The van der Waals surface area contributed by atoms with Crippen LogP contribution in [0.2, 0.25) is 0 Å². The van der Waals surface area contributed by atoms with Crippen molar-refractivity contribution in [2.24, 2.45) is 10.2 Å². The van der Waals surface area contributed by atoms with E-state index in [9.17, 15) is 14.7 Å². The minimum absolute atomic E-state index is 0.0630. The summed E-state index contributed by atoms with van der Waals surface area (Å²) in [5.74, 6) is 0.575. The Hall–Kier alpha value is -3.59. The summed E-state index contributed by atoms with van der Waals surface area (Å²) in [5, 5.41) is 19.1. The van der Waals surface area contributed by atoms with Gasteiger partial charge in [-0.3, -0.25) is 14.5 Å². The second-order valence-electron chi connectivity index (χ2n) is 6.43. The number of aromatic hydroxyl groups is 1. The molecule has 0 radical (unpaired) electrons. The number of fused-ring (bicyclic) bond motifs is 1. The van der Waals surface area contributed by atoms with Gasteiger partial charge in [-0.15, -0.1) is 5.10 Å². The van der Waals surface area contributed by atoms with E-state index in [1.807, 2.05) is 30.3 Å². The van der Waals surface area contributed by atoms with E-state index in [-0.39, 0.29) is 39.4 Å². The van der Waals surface area contributed by atoms with Crippen molar-refractivity contribution in [1.82, 2.24) is 4.90 Å². The number of hydrogen-bond donors (Lipinski definition) is 1. The van der Waals surface area contributed by atoms with E-state index >= 15 is 0 Å². The van der Waals surface area contributed by atoms with Crippen LogP contribution in [-0.4, -0.2) is 47.2 Å². The molecule has 0 saturated carbocycles. The van der Waals surface area contributed by atoms with Gasteiger partial charge in [0.1, 0.15) is 28.2 Å². The maximum Gasteiger partial charge on any atom is 0.238 e. The molecule has 0 spiro atoms. The molecule has 9 heteroatoms. The van der Waals surface area contributed by atoms with E-state index in [1.54, 1.807) is 7.05 Å². The Morgan fingerprint density at radius 2 is 2.00 bits per heavy atom. The smallest absolute Gasteiger partial charge is 0.238 e. The number of nitrogens with zero attached hydrogens (tertiary/aromatic N) is 3. The zero-order chi connectivity index (χ0) is 21.3. The Labute approximate surface area is 175 Å². The highest BCUT2D eigenvalue weighted by molar-refractivity contribution is 8.15. The molecule has 0 bridgehead atoms. The highest BCUT2D eigenvalue weighted by atomic mass is 32.2. The fourth-order valence-corrected chi connectivity index (χ4v) is 3.88. The van der Waals surface area contributed by atoms with E-state index in [0.717, 1.165) is 5.56 Å². The summed E-state index contributed by atoms with van der Waals surface area (Å²) in [7, 11) is 3.00. The number of phenols is 1. The van der Waals surface area contributed by atoms with Crippen molar-refractivity contribution in [3.05, 3.63) is 58.3 Å². The number of methoxy groups -OCH3 is 1. The first kappa shape index (κ1) is 19.7. The standard InChI is InChI=1S/C21H17N3O5S/c1-24-18(27)11-30-21(24)23-22-10-13-14(25)8-17-19(20(13)28-2)15(26)9-16(29-17)12-6-4-3-5-7-12/h3-10,25H,11H2,1-2H3/b22-10+,23-21-. The summed E-state index contributed by atoms with van der Waals surface area (Å²) in [6, 6.07) is 11.9. The number of hydrogen-bond acceptors (Lipinski definition) is 8. The maximum atomic E-state index is 12.8. The van der Waals surface area contributed by atoms with Crippen LogP contribution >= 0.6 is 11.8 Å². The Bertz CT molecular complexity index is 1250. The van der Waals surface area contributed by atoms with Crippen LogP contribution in [0.15, 0.2) is 61.9 Å². The molecule has 1 aliphatic heterocycles. The average molecular weight is 423 g/mol. The van der Waals surface area contributed by atoms with Crippen LogP contribution in [0.25, 0.3) is 22.3 Å². The highest BCUT2D eigenvalue weighted by Gasteiger charge is 2.24. The number of carbonyl (C=O) groups is 1. The summed E-state index contributed by atoms with van der Waals surface area (Å²) < 4.78 is 11.3. The molecule has 30 heavy (non-hydrogen) atoms. The second-order valence-corrected chi connectivity index (χ2v) is 7.37. The molecule has 1 aromatic heterocycles. The normalized spacial score (nSPS) is 15.6. The van der Waals surface area contributed by atoms with E-state index in [0.29, 0.717) is 16.7 Å². The summed E-state index contributed by atoms with van der Waals surface area (Å²) in [6.45, 7) is 0. The molecule has 1 N–H and O–H groups in total. The van der Waals surface area contributed by atoms with Crippen LogP contribution in [0.4, 0.5) is 0 Å². The number of ether oxygens (including phenoxy) is 1. The Morgan fingerprint density at radius 3 is 2.67 bits per heavy atom. The number of phenolic OH excluding ortho intramolecular Hbond substituents is 1. The first-order valence-corrected chi connectivity index (χ1v) is 9.91. The molecule has 1 fully saturated rings. The molecule has 0 atom stereocenters. The van der Waals surface area contributed by atoms with Crippen molar-refractivity contribution in [1.29, 1.82) is 0 Å². The summed E-state index contributed by atoms with van der Waals surface area (Å²) in [4.78, 5) is 25.8. The minimum atomic E-state index is -0.315. The van der Waals surface area contributed by atoms with Gasteiger partial charge in [-0.05, 0) is 0 Å². The third-order valence-corrected chi connectivity index (χ3v) is 5.57. The van der Waals surface area contributed by atoms with Crippen LogP contribution in [-0.2, 0) is 4.79 Å². The van der Waals surface area contributed by atoms with Crippen LogP contribution in [0, 0.1) is 0 Å². The van der Waals surface area contributed by atoms with Crippen molar-refractivity contribution in [2.45, 2.75) is 0 Å². The van der Waals surface area contributed by atoms with Crippen LogP contribution in [0.5, 0.6) is 11.5 Å². The SMILES string of the molecule is COc1c(/C=N/N=C2\SCC(=O)N2C)c(O)cc2oc(-c3ccccc3)cc(=O)c12. The minimum Gasteiger partial charge on any atom is -0.507 e. The van der Waals surface area contributed by atoms with E-state index < -0.39 is 0 Å². The van der Waals surface area contributed by atoms with Crippen molar-refractivity contribution < 1.29 is 19.1 Å². The van der Waals surface area contributed by atoms with Gasteiger partial charge < -0.3 is 14.3 Å². The number of amides is 1. The molecule has 8 nitrogen and oxygen atoms in total. The molecular weight excluding hydrogens is 406 g/mol. The van der Waals surface area contributed by atoms with E-state index in [1.165, 1.54) is 42.1 Å². The third kappa shape index (κ3) is 3.55. The first-order valence-electron chi connectivity index (χ1n) is 8.93. The van der Waals surface area contributed by atoms with Crippen LogP contribution < -0.4 is 10.2 Å². The summed E-state index contributed by atoms with van der Waals surface area (Å²) in [6.07, 6.45) is 1.28. The van der Waals surface area contributed by atoms with Gasteiger partial charge in [0.25, 0.3) is 0 Å². The fourth-order valence-electron chi connectivity index (χ4n) is 3.03. The molecule has 1 aliphatic rings. The molecule has 4 rings (SSSR count). The third-order valence-electron chi connectivity index (χ3n) is 4.57. The van der Waals surface area contributed by atoms with Crippen molar-refractivity contribution >= 4 is 40.0 Å². The van der Waals surface area contributed by atoms with Gasteiger partial charge >= 0.3 is 0 Å². The highest BCUT2D eigenvalue weighted by Crippen LogP contribution is 2.35. The summed E-state index contributed by atoms with van der Waals surface area (Å²) in [5.41, 5.74) is 0.802. The molecule has 152 valence electrons. The van der Waals surface area contributed by atoms with Gasteiger partial charge in [0.2, 0.25) is 5.91 Å². The molecule has 0 unspecified atom stereocenters. The first-order chi connectivity index (χ1) is 14.5. The fraction of sp³-hybridized carbons (Fsp3) is 0.143. The van der Waals surface area contributed by atoms with Crippen molar-refractivity contribution in [3.63, 3.8) is 0 Å². The monoisotopic (exact) mass is 423 g/mol. The topological polar surface area (TPSA) is 105 Å². The average Bonchev–Trinajstić information content (AvgIpc) is 3.06. The van der Waals surface area contributed by atoms with Crippen LogP contribution in [0.1, 0.15) is 5.56 Å². The quantitative estimate of drug-likeness (QED) is 0.511. The summed E-state index contributed by atoms with van der Waals surface area (Å²) >= 11 is 1.27. The zero-order valence-corrected chi connectivity index (χ0v) is 17.0. The lowest BCUT2D eigenvalue weighted by Gasteiger charge is -2.11. The van der Waals surface area contributed by atoms with Crippen molar-refractivity contribution in [3.8, 4) is 22.8 Å².